The Labute approximate surface area is 65.0 Å². The molecule has 0 heteroatoms. The zero-order chi connectivity index (χ0) is 7.72. The van der Waals surface area contributed by atoms with Crippen LogP contribution in [0, 0.1) is 30.1 Å². The van der Waals surface area contributed by atoms with E-state index in [2.05, 4.69) is 34.1 Å². The smallest absolute Gasteiger partial charge is 0.0326 e. The summed E-state index contributed by atoms with van der Waals surface area (Å²) in [7, 11) is 0. The Bertz CT molecular complexity index is 94.6. The number of hydrogen-bond donors (Lipinski definition) is 0. The summed E-state index contributed by atoms with van der Waals surface area (Å²) < 4.78 is 0. The van der Waals surface area contributed by atoms with Gasteiger partial charge in [-0.3, -0.25) is 0 Å². The van der Waals surface area contributed by atoms with Crippen LogP contribution in [0.4, 0.5) is 0 Å². The first kappa shape index (κ1) is 8.10. The Morgan fingerprint density at radius 3 is 2.20 bits per heavy atom. The third-order valence-electron chi connectivity index (χ3n) is 3.10. The maximum absolute atomic E-state index is 2.50. The molecular formula is C10H19. The van der Waals surface area contributed by atoms with Crippen molar-refractivity contribution in [3.05, 3.63) is 6.42 Å². The Hall–Kier alpha value is 0. The van der Waals surface area contributed by atoms with E-state index in [0.717, 1.165) is 23.7 Å². The van der Waals surface area contributed by atoms with Gasteiger partial charge in [-0.25, -0.2) is 0 Å². The zero-order valence-corrected chi connectivity index (χ0v) is 7.59. The first-order valence-electron chi connectivity index (χ1n) is 4.46. The highest BCUT2D eigenvalue weighted by Crippen LogP contribution is 2.36. The molecule has 0 aromatic heterocycles. The predicted molar refractivity (Wildman–Crippen MR) is 45.6 cm³/mol. The van der Waals surface area contributed by atoms with Crippen LogP contribution >= 0.6 is 0 Å². The molecule has 1 saturated carbocycles. The molecule has 1 aliphatic carbocycles. The molecule has 1 radical (unpaired) electrons. The van der Waals surface area contributed by atoms with Crippen LogP contribution in [0.3, 0.4) is 0 Å². The van der Waals surface area contributed by atoms with Crippen LogP contribution in [-0.4, -0.2) is 0 Å². The van der Waals surface area contributed by atoms with Gasteiger partial charge in [-0.2, -0.15) is 0 Å². The maximum Gasteiger partial charge on any atom is -0.0326 e. The molecule has 0 N–H and O–H groups in total. The standard InChI is InChI=1S/C10H19/c1-7-5-8(2)10(4)9(3)6-7/h5,7-10H,6H2,1-4H3. The van der Waals surface area contributed by atoms with Crippen molar-refractivity contribution in [2.24, 2.45) is 23.7 Å². The fourth-order valence-electron chi connectivity index (χ4n) is 2.09. The monoisotopic (exact) mass is 139 g/mol. The minimum Gasteiger partial charge on any atom is -0.0622 e. The molecule has 0 bridgehead atoms. The van der Waals surface area contributed by atoms with Crippen LogP contribution in [0.2, 0.25) is 0 Å². The van der Waals surface area contributed by atoms with Gasteiger partial charge in [0.05, 0.1) is 0 Å². The van der Waals surface area contributed by atoms with Crippen molar-refractivity contribution >= 4 is 0 Å². The van der Waals surface area contributed by atoms with Gasteiger partial charge in [0.15, 0.2) is 0 Å². The highest BCUT2D eigenvalue weighted by Gasteiger charge is 2.27. The fourth-order valence-corrected chi connectivity index (χ4v) is 2.09. The van der Waals surface area contributed by atoms with Crippen LogP contribution < -0.4 is 0 Å². The molecule has 0 aliphatic heterocycles. The van der Waals surface area contributed by atoms with Crippen molar-refractivity contribution in [1.82, 2.24) is 0 Å². The first-order valence-corrected chi connectivity index (χ1v) is 4.46. The molecule has 0 spiro atoms. The van der Waals surface area contributed by atoms with E-state index in [4.69, 9.17) is 0 Å². The van der Waals surface area contributed by atoms with Crippen molar-refractivity contribution in [2.75, 3.05) is 0 Å². The average Bonchev–Trinajstić information content (AvgIpc) is 1.82. The van der Waals surface area contributed by atoms with E-state index < -0.39 is 0 Å². The predicted octanol–water partition coefficient (Wildman–Crippen LogP) is 3.14. The van der Waals surface area contributed by atoms with E-state index >= 15 is 0 Å². The minimum atomic E-state index is 0.832. The molecule has 1 fully saturated rings. The van der Waals surface area contributed by atoms with Gasteiger partial charge >= 0.3 is 0 Å². The van der Waals surface area contributed by atoms with E-state index in [-0.39, 0.29) is 0 Å². The molecule has 0 nitrogen and oxygen atoms in total. The maximum atomic E-state index is 2.50. The number of rotatable bonds is 0. The lowest BCUT2D eigenvalue weighted by Crippen LogP contribution is -2.26. The Morgan fingerprint density at radius 2 is 1.70 bits per heavy atom. The molecular weight excluding hydrogens is 120 g/mol. The fraction of sp³-hybridized carbons (Fsp3) is 0.900. The van der Waals surface area contributed by atoms with Gasteiger partial charge in [0.2, 0.25) is 0 Å². The Balaban J connectivity index is 2.49. The van der Waals surface area contributed by atoms with Crippen molar-refractivity contribution < 1.29 is 0 Å². The van der Waals surface area contributed by atoms with Gasteiger partial charge in [-0.15, -0.1) is 0 Å². The molecule has 0 aromatic carbocycles. The molecule has 10 heavy (non-hydrogen) atoms. The molecule has 4 atom stereocenters. The van der Waals surface area contributed by atoms with Crippen LogP contribution in [0.5, 0.6) is 0 Å². The quantitative estimate of drug-likeness (QED) is 0.483. The molecule has 4 unspecified atom stereocenters. The second-order valence-corrected chi connectivity index (χ2v) is 4.10. The summed E-state index contributed by atoms with van der Waals surface area (Å²) in [5, 5.41) is 0. The average molecular weight is 139 g/mol. The Kier molecular flexibility index (Phi) is 2.38. The van der Waals surface area contributed by atoms with Crippen LogP contribution in [0.25, 0.3) is 0 Å². The lowest BCUT2D eigenvalue weighted by atomic mass is 9.71. The molecule has 1 rings (SSSR count). The summed E-state index contributed by atoms with van der Waals surface area (Å²) in [6, 6.07) is 0. The van der Waals surface area contributed by atoms with E-state index in [1.807, 2.05) is 0 Å². The van der Waals surface area contributed by atoms with Crippen LogP contribution in [0.15, 0.2) is 0 Å². The van der Waals surface area contributed by atoms with Crippen molar-refractivity contribution in [3.63, 3.8) is 0 Å². The molecule has 0 aromatic rings. The lowest BCUT2D eigenvalue weighted by Gasteiger charge is -2.35. The minimum absolute atomic E-state index is 0.832. The summed E-state index contributed by atoms with van der Waals surface area (Å²) in [6.45, 7) is 9.43. The largest absolute Gasteiger partial charge is 0.0622 e. The van der Waals surface area contributed by atoms with Gasteiger partial charge in [-0.05, 0) is 36.5 Å². The van der Waals surface area contributed by atoms with E-state index in [0.29, 0.717) is 0 Å². The molecule has 59 valence electrons. The normalized spacial score (nSPS) is 49.2. The van der Waals surface area contributed by atoms with E-state index in [1.54, 1.807) is 0 Å². The first-order chi connectivity index (χ1) is 4.61. The Morgan fingerprint density at radius 1 is 1.10 bits per heavy atom. The molecule has 1 aliphatic rings. The number of hydrogen-bond acceptors (Lipinski definition) is 0. The second kappa shape index (κ2) is 2.94. The van der Waals surface area contributed by atoms with E-state index in [1.165, 1.54) is 6.42 Å². The zero-order valence-electron chi connectivity index (χ0n) is 7.59. The highest BCUT2D eigenvalue weighted by molar-refractivity contribution is 4.90. The molecule has 0 heterocycles. The van der Waals surface area contributed by atoms with Gasteiger partial charge in [0.25, 0.3) is 0 Å². The van der Waals surface area contributed by atoms with Crippen LogP contribution in [-0.2, 0) is 0 Å². The molecule has 0 saturated heterocycles. The van der Waals surface area contributed by atoms with Gasteiger partial charge < -0.3 is 0 Å². The van der Waals surface area contributed by atoms with Crippen LogP contribution in [0.1, 0.15) is 34.1 Å². The van der Waals surface area contributed by atoms with Crippen molar-refractivity contribution in [1.29, 1.82) is 0 Å². The SMILES string of the molecule is CC1[CH]C(C)C(C)C(C)C1. The van der Waals surface area contributed by atoms with E-state index in [9.17, 15) is 0 Å². The summed E-state index contributed by atoms with van der Waals surface area (Å²) in [4.78, 5) is 0. The van der Waals surface area contributed by atoms with Gasteiger partial charge in [0.1, 0.15) is 0 Å². The summed E-state index contributed by atoms with van der Waals surface area (Å²) >= 11 is 0. The third-order valence-corrected chi connectivity index (χ3v) is 3.10. The second-order valence-electron chi connectivity index (χ2n) is 4.10. The lowest BCUT2D eigenvalue weighted by molar-refractivity contribution is 0.208. The van der Waals surface area contributed by atoms with Gasteiger partial charge in [0, 0.05) is 0 Å². The van der Waals surface area contributed by atoms with Crippen molar-refractivity contribution in [2.45, 2.75) is 34.1 Å². The topological polar surface area (TPSA) is 0 Å². The summed E-state index contributed by atoms with van der Waals surface area (Å²) in [6.07, 6.45) is 3.90. The summed E-state index contributed by atoms with van der Waals surface area (Å²) in [5.41, 5.74) is 0. The molecule has 0 amide bonds. The summed E-state index contributed by atoms with van der Waals surface area (Å²) in [5.74, 6) is 3.51. The third kappa shape index (κ3) is 1.53. The van der Waals surface area contributed by atoms with Gasteiger partial charge in [-0.1, -0.05) is 27.7 Å². The highest BCUT2D eigenvalue weighted by atomic mass is 14.3. The van der Waals surface area contributed by atoms with Crippen molar-refractivity contribution in [3.8, 4) is 0 Å².